The quantitative estimate of drug-likeness (QED) is 0.231. The molecular weight excluding hydrogens is 502 g/mol. The van der Waals surface area contributed by atoms with Crippen LogP contribution in [0.4, 0.5) is 0 Å². The van der Waals surface area contributed by atoms with E-state index in [1.807, 2.05) is 36.7 Å². The zero-order valence-corrected chi connectivity index (χ0v) is 22.4. The highest BCUT2D eigenvalue weighted by atomic mass is 15.1. The predicted octanol–water partition coefficient (Wildman–Crippen LogP) is 8.46. The van der Waals surface area contributed by atoms with Gasteiger partial charge in [-0.15, -0.1) is 0 Å². The second-order valence-electron chi connectivity index (χ2n) is 10.3. The number of aromatic nitrogens is 5. The Kier molecular flexibility index (Phi) is 5.28. The van der Waals surface area contributed by atoms with Crippen LogP contribution in [0.3, 0.4) is 0 Å². The molecule has 0 radical (unpaired) electrons. The lowest BCUT2D eigenvalue weighted by Crippen LogP contribution is -1.97. The molecule has 0 saturated heterocycles. The van der Waals surface area contributed by atoms with E-state index >= 15 is 0 Å². The molecule has 0 N–H and O–H groups in total. The van der Waals surface area contributed by atoms with Gasteiger partial charge in [0.05, 0.1) is 27.8 Å². The van der Waals surface area contributed by atoms with E-state index in [1.165, 1.54) is 10.8 Å². The highest BCUT2D eigenvalue weighted by molar-refractivity contribution is 6.10. The average Bonchev–Trinajstić information content (AvgIpc) is 3.56. The Morgan fingerprint density at radius 3 is 2.24 bits per heavy atom. The topological polar surface area (TPSA) is 48.5 Å². The summed E-state index contributed by atoms with van der Waals surface area (Å²) in [4.78, 5) is 14.1. The first kappa shape index (κ1) is 23.3. The summed E-state index contributed by atoms with van der Waals surface area (Å²) in [6.07, 6.45) is 5.56. The number of rotatable bonds is 4. The number of hydrogen-bond donors (Lipinski definition) is 0. The maximum absolute atomic E-state index is 4.98. The van der Waals surface area contributed by atoms with Crippen LogP contribution in [0.2, 0.25) is 0 Å². The molecule has 0 spiro atoms. The third-order valence-corrected chi connectivity index (χ3v) is 7.89. The molecule has 0 saturated carbocycles. The van der Waals surface area contributed by atoms with Crippen LogP contribution in [-0.2, 0) is 7.05 Å². The normalized spacial score (nSPS) is 11.5. The molecule has 41 heavy (non-hydrogen) atoms. The Hall–Kier alpha value is -5.55. The van der Waals surface area contributed by atoms with Gasteiger partial charge in [0, 0.05) is 58.8 Å². The van der Waals surface area contributed by atoms with Crippen LogP contribution in [0.25, 0.3) is 72.3 Å². The largest absolute Gasteiger partial charge is 0.327 e. The standard InChI is InChI=1S/C36H25N5/c1-40-34-14-5-3-12-32(34)39-36(40)24-15-17-29-28-10-2-4-13-33(28)41(35(29)21-24)26-16-18-27(25-9-8-19-37-23-25)30(22-26)31-11-6-7-20-38-31/h2-23H,1H3. The number of hydrogen-bond acceptors (Lipinski definition) is 3. The first-order valence-corrected chi connectivity index (χ1v) is 13.7. The van der Waals surface area contributed by atoms with Crippen molar-refractivity contribution in [1.82, 2.24) is 24.1 Å². The molecule has 4 aromatic carbocycles. The summed E-state index contributed by atoms with van der Waals surface area (Å²) < 4.78 is 4.53. The van der Waals surface area contributed by atoms with Gasteiger partial charge >= 0.3 is 0 Å². The van der Waals surface area contributed by atoms with Crippen molar-refractivity contribution in [3.63, 3.8) is 0 Å². The molecule has 5 heteroatoms. The number of pyridine rings is 2. The van der Waals surface area contributed by atoms with Crippen molar-refractivity contribution in [2.45, 2.75) is 0 Å². The summed E-state index contributed by atoms with van der Waals surface area (Å²) in [6.45, 7) is 0. The number of benzene rings is 4. The van der Waals surface area contributed by atoms with Gasteiger partial charge in [-0.05, 0) is 60.2 Å². The molecule has 4 heterocycles. The molecule has 0 bridgehead atoms. The first-order chi connectivity index (χ1) is 20.3. The van der Waals surface area contributed by atoms with E-state index in [2.05, 4.69) is 112 Å². The Labute approximate surface area is 237 Å². The number of aryl methyl sites for hydroxylation is 1. The zero-order chi connectivity index (χ0) is 27.3. The molecule has 0 atom stereocenters. The van der Waals surface area contributed by atoms with E-state index in [9.17, 15) is 0 Å². The molecule has 0 aliphatic carbocycles. The van der Waals surface area contributed by atoms with Crippen molar-refractivity contribution < 1.29 is 0 Å². The Bertz CT molecular complexity index is 2210. The first-order valence-electron chi connectivity index (χ1n) is 13.7. The van der Waals surface area contributed by atoms with Gasteiger partial charge in [0.15, 0.2) is 0 Å². The van der Waals surface area contributed by atoms with Crippen LogP contribution < -0.4 is 0 Å². The molecule has 8 rings (SSSR count). The second kappa shape index (κ2) is 9.28. The lowest BCUT2D eigenvalue weighted by Gasteiger charge is -2.14. The van der Waals surface area contributed by atoms with Crippen molar-refractivity contribution in [1.29, 1.82) is 0 Å². The summed E-state index contributed by atoms with van der Waals surface area (Å²) >= 11 is 0. The third kappa shape index (κ3) is 3.74. The minimum atomic E-state index is 0.925. The molecule has 5 nitrogen and oxygen atoms in total. The molecule has 194 valence electrons. The smallest absolute Gasteiger partial charge is 0.140 e. The maximum Gasteiger partial charge on any atom is 0.140 e. The number of imidazole rings is 1. The van der Waals surface area contributed by atoms with Crippen molar-refractivity contribution in [3.8, 4) is 39.5 Å². The van der Waals surface area contributed by atoms with E-state index < -0.39 is 0 Å². The fraction of sp³-hybridized carbons (Fsp3) is 0.0278. The highest BCUT2D eigenvalue weighted by Gasteiger charge is 2.17. The summed E-state index contributed by atoms with van der Waals surface area (Å²) in [5, 5.41) is 2.42. The Morgan fingerprint density at radius 2 is 1.41 bits per heavy atom. The third-order valence-electron chi connectivity index (χ3n) is 7.89. The zero-order valence-electron chi connectivity index (χ0n) is 22.4. The molecule has 0 aliphatic heterocycles. The molecule has 4 aromatic heterocycles. The summed E-state index contributed by atoms with van der Waals surface area (Å²) in [7, 11) is 2.08. The minimum absolute atomic E-state index is 0.925. The van der Waals surface area contributed by atoms with Crippen molar-refractivity contribution >= 4 is 32.8 Å². The van der Waals surface area contributed by atoms with Crippen LogP contribution in [0.5, 0.6) is 0 Å². The van der Waals surface area contributed by atoms with Gasteiger partial charge in [0.1, 0.15) is 5.82 Å². The molecule has 0 amide bonds. The molecule has 0 unspecified atom stereocenters. The van der Waals surface area contributed by atoms with Gasteiger partial charge < -0.3 is 9.13 Å². The Balaban J connectivity index is 1.40. The van der Waals surface area contributed by atoms with Crippen LogP contribution in [0.15, 0.2) is 134 Å². The molecule has 0 fully saturated rings. The fourth-order valence-corrected chi connectivity index (χ4v) is 5.97. The molecule has 0 aliphatic rings. The van der Waals surface area contributed by atoms with Gasteiger partial charge in [-0.3, -0.25) is 9.97 Å². The van der Waals surface area contributed by atoms with Crippen LogP contribution in [0.1, 0.15) is 0 Å². The summed E-state index contributed by atoms with van der Waals surface area (Å²) in [6, 6.07) is 40.3. The van der Waals surface area contributed by atoms with Gasteiger partial charge in [-0.2, -0.15) is 0 Å². The van der Waals surface area contributed by atoms with Gasteiger partial charge in [-0.1, -0.05) is 60.7 Å². The number of nitrogens with zero attached hydrogens (tertiary/aromatic N) is 5. The molecular formula is C36H25N5. The summed E-state index contributed by atoms with van der Waals surface area (Å²) in [5.41, 5.74) is 10.7. The predicted molar refractivity (Wildman–Crippen MR) is 167 cm³/mol. The number of para-hydroxylation sites is 3. The number of fused-ring (bicyclic) bond motifs is 4. The van der Waals surface area contributed by atoms with Crippen molar-refractivity contribution in [3.05, 3.63) is 134 Å². The average molecular weight is 528 g/mol. The lowest BCUT2D eigenvalue weighted by atomic mass is 9.97. The SMILES string of the molecule is Cn1c(-c2ccc3c4ccccc4n(-c4ccc(-c5cccnc5)c(-c5ccccn5)c4)c3c2)nc2ccccc21. The second-order valence-corrected chi connectivity index (χ2v) is 10.3. The van der Waals surface area contributed by atoms with Crippen molar-refractivity contribution in [2.24, 2.45) is 7.05 Å². The maximum atomic E-state index is 4.98. The lowest BCUT2D eigenvalue weighted by molar-refractivity contribution is 0.959. The Morgan fingerprint density at radius 1 is 0.585 bits per heavy atom. The van der Waals surface area contributed by atoms with Crippen LogP contribution >= 0.6 is 0 Å². The monoisotopic (exact) mass is 527 g/mol. The van der Waals surface area contributed by atoms with Crippen molar-refractivity contribution in [2.75, 3.05) is 0 Å². The summed E-state index contributed by atoms with van der Waals surface area (Å²) in [5.74, 6) is 0.950. The van der Waals surface area contributed by atoms with E-state index in [1.54, 1.807) is 6.20 Å². The van der Waals surface area contributed by atoms with E-state index in [0.717, 1.165) is 61.5 Å². The van der Waals surface area contributed by atoms with E-state index in [4.69, 9.17) is 9.97 Å². The minimum Gasteiger partial charge on any atom is -0.327 e. The van der Waals surface area contributed by atoms with Gasteiger partial charge in [-0.25, -0.2) is 4.98 Å². The van der Waals surface area contributed by atoms with E-state index in [0.29, 0.717) is 0 Å². The molecule has 8 aromatic rings. The fourth-order valence-electron chi connectivity index (χ4n) is 5.97. The van der Waals surface area contributed by atoms with Gasteiger partial charge in [0.2, 0.25) is 0 Å². The van der Waals surface area contributed by atoms with Gasteiger partial charge in [0.25, 0.3) is 0 Å². The van der Waals surface area contributed by atoms with Crippen LogP contribution in [0, 0.1) is 0 Å². The van der Waals surface area contributed by atoms with E-state index in [-0.39, 0.29) is 0 Å². The van der Waals surface area contributed by atoms with Crippen LogP contribution in [-0.4, -0.2) is 24.1 Å². The highest BCUT2D eigenvalue weighted by Crippen LogP contribution is 2.38.